The summed E-state index contributed by atoms with van der Waals surface area (Å²) < 4.78 is 0. The third-order valence-electron chi connectivity index (χ3n) is 2.79. The second kappa shape index (κ2) is 6.15. The Balaban J connectivity index is 2.43. The van der Waals surface area contributed by atoms with Crippen LogP contribution in [0.15, 0.2) is 12.2 Å². The van der Waals surface area contributed by atoms with Gasteiger partial charge in [0.1, 0.15) is 0 Å². The SMILES string of the molecule is CN(C)C1CCN(C(=O)NC(=O)/C=C/C(=O)O)C1. The van der Waals surface area contributed by atoms with E-state index >= 15 is 0 Å². The summed E-state index contributed by atoms with van der Waals surface area (Å²) in [6.07, 6.45) is 2.37. The first-order valence-electron chi connectivity index (χ1n) is 5.57. The number of imide groups is 1. The van der Waals surface area contributed by atoms with E-state index in [1.54, 1.807) is 0 Å². The lowest BCUT2D eigenvalue weighted by molar-refractivity contribution is -0.131. The zero-order chi connectivity index (χ0) is 13.7. The number of carboxylic acids is 1. The third kappa shape index (κ3) is 4.17. The van der Waals surface area contributed by atoms with E-state index in [9.17, 15) is 14.4 Å². The van der Waals surface area contributed by atoms with Crippen LogP contribution in [0.1, 0.15) is 6.42 Å². The maximum Gasteiger partial charge on any atom is 0.328 e. The molecule has 1 atom stereocenters. The average Bonchev–Trinajstić information content (AvgIpc) is 2.75. The third-order valence-corrected chi connectivity index (χ3v) is 2.79. The van der Waals surface area contributed by atoms with Crippen LogP contribution in [0.5, 0.6) is 0 Å². The number of carboxylic acid groups (broad SMARTS) is 1. The average molecular weight is 255 g/mol. The number of hydrogen-bond donors (Lipinski definition) is 2. The lowest BCUT2D eigenvalue weighted by Crippen LogP contribution is -2.42. The molecule has 1 heterocycles. The molecule has 0 aromatic heterocycles. The molecule has 100 valence electrons. The van der Waals surface area contributed by atoms with E-state index < -0.39 is 17.9 Å². The van der Waals surface area contributed by atoms with Crippen molar-refractivity contribution in [1.82, 2.24) is 15.1 Å². The van der Waals surface area contributed by atoms with E-state index in [0.717, 1.165) is 12.5 Å². The molecule has 3 amide bonds. The number of nitrogens with one attached hydrogen (secondary N) is 1. The van der Waals surface area contributed by atoms with Crippen molar-refractivity contribution in [3.05, 3.63) is 12.2 Å². The Hall–Kier alpha value is -1.89. The molecule has 0 bridgehead atoms. The Morgan fingerprint density at radius 3 is 2.50 bits per heavy atom. The van der Waals surface area contributed by atoms with Gasteiger partial charge in [0.05, 0.1) is 0 Å². The maximum absolute atomic E-state index is 11.7. The minimum absolute atomic E-state index is 0.292. The summed E-state index contributed by atoms with van der Waals surface area (Å²) in [6.45, 7) is 1.15. The van der Waals surface area contributed by atoms with Crippen LogP contribution in [0.2, 0.25) is 0 Å². The predicted octanol–water partition coefficient (Wildman–Crippen LogP) is -0.501. The van der Waals surface area contributed by atoms with Crippen LogP contribution in [-0.4, -0.2) is 66.0 Å². The van der Waals surface area contributed by atoms with Crippen molar-refractivity contribution in [2.75, 3.05) is 27.2 Å². The quantitative estimate of drug-likeness (QED) is 0.663. The Kier molecular flexibility index (Phi) is 4.85. The summed E-state index contributed by atoms with van der Waals surface area (Å²) in [7, 11) is 3.87. The molecule has 0 aromatic rings. The van der Waals surface area contributed by atoms with Crippen LogP contribution in [0.4, 0.5) is 4.79 Å². The van der Waals surface area contributed by atoms with Crippen LogP contribution in [-0.2, 0) is 9.59 Å². The fourth-order valence-electron chi connectivity index (χ4n) is 1.72. The number of nitrogens with zero attached hydrogens (tertiary/aromatic N) is 2. The van der Waals surface area contributed by atoms with Crippen LogP contribution in [0, 0.1) is 0 Å². The molecule has 7 heteroatoms. The van der Waals surface area contributed by atoms with Crippen LogP contribution in [0.3, 0.4) is 0 Å². The first kappa shape index (κ1) is 14.2. The molecule has 7 nitrogen and oxygen atoms in total. The largest absolute Gasteiger partial charge is 0.478 e. The van der Waals surface area contributed by atoms with Gasteiger partial charge in [-0.05, 0) is 20.5 Å². The fraction of sp³-hybridized carbons (Fsp3) is 0.545. The second-order valence-electron chi connectivity index (χ2n) is 4.32. The number of aliphatic carboxylic acids is 1. The lowest BCUT2D eigenvalue weighted by atomic mass is 10.2. The van der Waals surface area contributed by atoms with Crippen LogP contribution in [0.25, 0.3) is 0 Å². The highest BCUT2D eigenvalue weighted by molar-refractivity contribution is 6.02. The molecule has 0 spiro atoms. The van der Waals surface area contributed by atoms with Crippen molar-refractivity contribution < 1.29 is 19.5 Å². The highest BCUT2D eigenvalue weighted by Gasteiger charge is 2.27. The normalized spacial score (nSPS) is 19.5. The molecule has 0 aromatic carbocycles. The minimum Gasteiger partial charge on any atom is -0.478 e. The summed E-state index contributed by atoms with van der Waals surface area (Å²) in [5, 5.41) is 10.5. The minimum atomic E-state index is -1.23. The highest BCUT2D eigenvalue weighted by atomic mass is 16.4. The molecular weight excluding hydrogens is 238 g/mol. The van der Waals surface area contributed by atoms with E-state index in [1.165, 1.54) is 4.90 Å². The van der Waals surface area contributed by atoms with Crippen molar-refractivity contribution in [2.24, 2.45) is 0 Å². The van der Waals surface area contributed by atoms with Crippen LogP contribution < -0.4 is 5.32 Å². The monoisotopic (exact) mass is 255 g/mol. The van der Waals surface area contributed by atoms with Gasteiger partial charge in [-0.15, -0.1) is 0 Å². The number of likely N-dealkylation sites (N-methyl/N-ethyl adjacent to an activating group) is 1. The van der Waals surface area contributed by atoms with Gasteiger partial charge >= 0.3 is 12.0 Å². The summed E-state index contributed by atoms with van der Waals surface area (Å²) >= 11 is 0. The first-order valence-corrected chi connectivity index (χ1v) is 5.57. The van der Waals surface area contributed by atoms with Crippen molar-refractivity contribution in [3.8, 4) is 0 Å². The molecule has 1 aliphatic heterocycles. The van der Waals surface area contributed by atoms with E-state index in [0.29, 0.717) is 25.2 Å². The molecule has 0 radical (unpaired) electrons. The fourth-order valence-corrected chi connectivity index (χ4v) is 1.72. The molecule has 1 aliphatic rings. The smallest absolute Gasteiger partial charge is 0.328 e. The topological polar surface area (TPSA) is 90.0 Å². The number of carbonyl (C=O) groups is 3. The molecule has 1 unspecified atom stereocenters. The van der Waals surface area contributed by atoms with Gasteiger partial charge in [0, 0.05) is 31.3 Å². The zero-order valence-electron chi connectivity index (χ0n) is 10.4. The van der Waals surface area contributed by atoms with Crippen molar-refractivity contribution in [1.29, 1.82) is 0 Å². The van der Waals surface area contributed by atoms with Gasteiger partial charge < -0.3 is 14.9 Å². The number of hydrogen-bond acceptors (Lipinski definition) is 4. The van der Waals surface area contributed by atoms with Gasteiger partial charge in [0.25, 0.3) is 5.91 Å². The Bertz CT molecular complexity index is 378. The molecular formula is C11H17N3O4. The van der Waals surface area contributed by atoms with E-state index in [2.05, 4.69) is 5.32 Å². The maximum atomic E-state index is 11.7. The number of rotatable bonds is 3. The predicted molar refractivity (Wildman–Crippen MR) is 64.0 cm³/mol. The number of urea groups is 1. The molecule has 0 saturated carbocycles. The summed E-state index contributed by atoms with van der Waals surface area (Å²) in [5.41, 5.74) is 0. The Morgan fingerprint density at radius 1 is 1.33 bits per heavy atom. The van der Waals surface area contributed by atoms with Gasteiger partial charge in [0.2, 0.25) is 0 Å². The van der Waals surface area contributed by atoms with Crippen molar-refractivity contribution in [2.45, 2.75) is 12.5 Å². The van der Waals surface area contributed by atoms with Crippen molar-refractivity contribution >= 4 is 17.9 Å². The number of likely N-dealkylation sites (tertiary alicyclic amines) is 1. The van der Waals surface area contributed by atoms with Gasteiger partial charge in [-0.25, -0.2) is 9.59 Å². The molecule has 0 aliphatic carbocycles. The molecule has 18 heavy (non-hydrogen) atoms. The lowest BCUT2D eigenvalue weighted by Gasteiger charge is -2.20. The van der Waals surface area contributed by atoms with Crippen molar-refractivity contribution in [3.63, 3.8) is 0 Å². The van der Waals surface area contributed by atoms with E-state index in [-0.39, 0.29) is 0 Å². The Morgan fingerprint density at radius 2 is 2.00 bits per heavy atom. The standard InChI is InChI=1S/C11H17N3O4/c1-13(2)8-5-6-14(7-8)11(18)12-9(15)3-4-10(16)17/h3-4,8H,5-7H2,1-2H3,(H,16,17)(H,12,15,18)/b4-3+. The van der Waals surface area contributed by atoms with Gasteiger partial charge in [-0.2, -0.15) is 0 Å². The molecule has 2 N–H and O–H groups in total. The number of amides is 3. The number of carbonyl (C=O) groups excluding carboxylic acids is 2. The van der Waals surface area contributed by atoms with E-state index in [4.69, 9.17) is 5.11 Å². The summed E-state index contributed by atoms with van der Waals surface area (Å²) in [6, 6.07) is -0.195. The van der Waals surface area contributed by atoms with E-state index in [1.807, 2.05) is 19.0 Å². The van der Waals surface area contributed by atoms with Gasteiger partial charge in [0.15, 0.2) is 0 Å². The summed E-state index contributed by atoms with van der Waals surface area (Å²) in [5.74, 6) is -1.96. The van der Waals surface area contributed by atoms with Crippen LogP contribution >= 0.6 is 0 Å². The Labute approximate surface area is 105 Å². The van der Waals surface area contributed by atoms with Gasteiger partial charge in [-0.3, -0.25) is 10.1 Å². The molecule has 1 rings (SSSR count). The van der Waals surface area contributed by atoms with Gasteiger partial charge in [-0.1, -0.05) is 0 Å². The first-order chi connectivity index (χ1) is 8.40. The zero-order valence-corrected chi connectivity index (χ0v) is 10.4. The molecule has 1 fully saturated rings. The highest BCUT2D eigenvalue weighted by Crippen LogP contribution is 2.12. The second-order valence-corrected chi connectivity index (χ2v) is 4.32. The summed E-state index contributed by atoms with van der Waals surface area (Å²) in [4.78, 5) is 36.6. The molecule has 1 saturated heterocycles.